The van der Waals surface area contributed by atoms with Gasteiger partial charge in [-0.1, -0.05) is 23.8 Å². The number of benzene rings is 2. The van der Waals surface area contributed by atoms with E-state index in [-0.39, 0.29) is 0 Å². The minimum absolute atomic E-state index is 0.345. The zero-order valence-corrected chi connectivity index (χ0v) is 14.9. The van der Waals surface area contributed by atoms with E-state index in [9.17, 15) is 0 Å². The van der Waals surface area contributed by atoms with E-state index in [0.717, 1.165) is 17.8 Å². The molecule has 3 aromatic rings. The maximum atomic E-state index is 5.51. The van der Waals surface area contributed by atoms with Crippen LogP contribution in [-0.4, -0.2) is 19.1 Å². The number of methoxy groups -OCH3 is 1. The zero-order chi connectivity index (χ0) is 16.4. The van der Waals surface area contributed by atoms with Crippen molar-refractivity contribution >= 4 is 21.6 Å². The van der Waals surface area contributed by atoms with Gasteiger partial charge in [-0.25, -0.2) is 4.98 Å². The lowest BCUT2D eigenvalue weighted by molar-refractivity contribution is -0.923. The fraction of sp³-hybridized carbons (Fsp3) is 0.316. The molecule has 2 atom stereocenters. The number of fused-ring (bicyclic) bond motifs is 1. The summed E-state index contributed by atoms with van der Waals surface area (Å²) >= 11 is 1.79. The summed E-state index contributed by atoms with van der Waals surface area (Å²) in [5.41, 5.74) is 3.61. The molecule has 1 aromatic heterocycles. The molecule has 1 N–H and O–H groups in total. The topological polar surface area (TPSA) is 26.6 Å². The van der Waals surface area contributed by atoms with Gasteiger partial charge in [-0.05, 0) is 38.1 Å². The number of nitrogens with zero attached hydrogens (tertiary/aromatic N) is 1. The van der Waals surface area contributed by atoms with E-state index >= 15 is 0 Å². The number of rotatable bonds is 5. The molecule has 120 valence electrons. The molecular formula is C19H23N2OS+. The van der Waals surface area contributed by atoms with Gasteiger partial charge in [-0.15, -0.1) is 11.3 Å². The van der Waals surface area contributed by atoms with Crippen molar-refractivity contribution in [2.45, 2.75) is 26.4 Å². The van der Waals surface area contributed by atoms with Gasteiger partial charge in [0.25, 0.3) is 0 Å². The van der Waals surface area contributed by atoms with Crippen molar-refractivity contribution in [2.24, 2.45) is 0 Å². The van der Waals surface area contributed by atoms with Gasteiger partial charge in [0, 0.05) is 5.56 Å². The molecule has 0 radical (unpaired) electrons. The summed E-state index contributed by atoms with van der Waals surface area (Å²) in [7, 11) is 3.96. The first-order valence-corrected chi connectivity index (χ1v) is 8.71. The number of aromatic nitrogens is 1. The Bertz CT molecular complexity index is 779. The van der Waals surface area contributed by atoms with E-state index in [0.29, 0.717) is 6.04 Å². The van der Waals surface area contributed by atoms with Gasteiger partial charge in [0.2, 0.25) is 0 Å². The molecule has 23 heavy (non-hydrogen) atoms. The fourth-order valence-corrected chi connectivity index (χ4v) is 3.90. The first kappa shape index (κ1) is 16.0. The lowest BCUT2D eigenvalue weighted by Crippen LogP contribution is -3.07. The van der Waals surface area contributed by atoms with E-state index in [2.05, 4.69) is 57.3 Å². The number of nitrogens with one attached hydrogen (secondary N) is 1. The average molecular weight is 327 g/mol. The van der Waals surface area contributed by atoms with Crippen molar-refractivity contribution < 1.29 is 9.64 Å². The highest BCUT2D eigenvalue weighted by atomic mass is 32.1. The van der Waals surface area contributed by atoms with Crippen molar-refractivity contribution in [3.05, 3.63) is 58.6 Å². The molecule has 1 heterocycles. The molecular weight excluding hydrogens is 304 g/mol. The third kappa shape index (κ3) is 3.38. The molecule has 3 nitrogen and oxygen atoms in total. The Morgan fingerprint density at radius 3 is 2.74 bits per heavy atom. The van der Waals surface area contributed by atoms with Crippen LogP contribution in [0.2, 0.25) is 0 Å². The van der Waals surface area contributed by atoms with Gasteiger partial charge in [0.05, 0.1) is 24.4 Å². The number of quaternary nitrogens is 1. The highest BCUT2D eigenvalue weighted by Crippen LogP contribution is 2.25. The second kappa shape index (κ2) is 6.69. The molecule has 0 fully saturated rings. The smallest absolute Gasteiger partial charge is 0.151 e. The van der Waals surface area contributed by atoms with Crippen LogP contribution in [0, 0.1) is 6.92 Å². The fourth-order valence-electron chi connectivity index (χ4n) is 2.79. The predicted octanol–water partition coefficient (Wildman–Crippen LogP) is 3.39. The summed E-state index contributed by atoms with van der Waals surface area (Å²) in [4.78, 5) is 6.21. The molecule has 0 spiro atoms. The number of ether oxygens (including phenoxy) is 1. The van der Waals surface area contributed by atoms with Gasteiger partial charge in [-0.2, -0.15) is 0 Å². The Hall–Kier alpha value is -1.91. The summed E-state index contributed by atoms with van der Waals surface area (Å²) in [6.45, 7) is 5.28. The van der Waals surface area contributed by atoms with Crippen LogP contribution < -0.4 is 9.64 Å². The van der Waals surface area contributed by atoms with Gasteiger partial charge >= 0.3 is 0 Å². The van der Waals surface area contributed by atoms with Gasteiger partial charge in [0.1, 0.15) is 18.3 Å². The molecule has 0 aliphatic carbocycles. The Morgan fingerprint density at radius 1 is 1.22 bits per heavy atom. The molecule has 0 aliphatic heterocycles. The van der Waals surface area contributed by atoms with E-state index in [1.54, 1.807) is 18.4 Å². The Labute approximate surface area is 141 Å². The molecule has 1 unspecified atom stereocenters. The first-order valence-electron chi connectivity index (χ1n) is 7.90. The number of aryl methyl sites for hydroxylation is 1. The number of hydrogen-bond donors (Lipinski definition) is 1. The van der Waals surface area contributed by atoms with Crippen LogP contribution in [0.4, 0.5) is 0 Å². The minimum atomic E-state index is 0.345. The molecule has 3 rings (SSSR count). The lowest BCUT2D eigenvalue weighted by Gasteiger charge is -2.21. The maximum Gasteiger partial charge on any atom is 0.151 e. The largest absolute Gasteiger partial charge is 0.496 e. The number of para-hydroxylation sites is 1. The highest BCUT2D eigenvalue weighted by Gasteiger charge is 2.21. The third-order valence-electron chi connectivity index (χ3n) is 4.33. The number of hydrogen-bond acceptors (Lipinski definition) is 3. The standard InChI is InChI=1S/C19H22N2OS/c1-13-9-10-17(22-4)15(11-13)12-21(3)14(2)19-20-16-7-5-6-8-18(16)23-19/h5-11,14H,12H2,1-4H3/p+1/t14-/m1/s1. The molecule has 4 heteroatoms. The summed E-state index contributed by atoms with van der Waals surface area (Å²) in [6.07, 6.45) is 0. The molecule has 0 bridgehead atoms. The molecule has 2 aromatic carbocycles. The van der Waals surface area contributed by atoms with E-state index in [1.165, 1.54) is 25.7 Å². The van der Waals surface area contributed by atoms with E-state index in [4.69, 9.17) is 9.72 Å². The van der Waals surface area contributed by atoms with Crippen LogP contribution in [0.1, 0.15) is 29.1 Å². The third-order valence-corrected chi connectivity index (χ3v) is 5.54. The van der Waals surface area contributed by atoms with Crippen molar-refractivity contribution in [3.63, 3.8) is 0 Å². The van der Waals surface area contributed by atoms with E-state index < -0.39 is 0 Å². The highest BCUT2D eigenvalue weighted by molar-refractivity contribution is 7.18. The van der Waals surface area contributed by atoms with Crippen molar-refractivity contribution in [2.75, 3.05) is 14.2 Å². The van der Waals surface area contributed by atoms with Crippen molar-refractivity contribution in [1.29, 1.82) is 0 Å². The Kier molecular flexibility index (Phi) is 4.64. The van der Waals surface area contributed by atoms with Gasteiger partial charge in [0.15, 0.2) is 5.01 Å². The van der Waals surface area contributed by atoms with Crippen LogP contribution in [0.3, 0.4) is 0 Å². The second-order valence-electron chi connectivity index (χ2n) is 6.08. The summed E-state index contributed by atoms with van der Waals surface area (Å²) in [5.74, 6) is 0.964. The summed E-state index contributed by atoms with van der Waals surface area (Å²) < 4.78 is 6.77. The van der Waals surface area contributed by atoms with Gasteiger partial charge in [-0.3, -0.25) is 0 Å². The van der Waals surface area contributed by atoms with Gasteiger partial charge < -0.3 is 9.64 Å². The van der Waals surface area contributed by atoms with Crippen molar-refractivity contribution in [3.8, 4) is 5.75 Å². The molecule has 0 amide bonds. The van der Waals surface area contributed by atoms with Crippen LogP contribution >= 0.6 is 11.3 Å². The Morgan fingerprint density at radius 2 is 2.00 bits per heavy atom. The van der Waals surface area contributed by atoms with Crippen LogP contribution in [0.15, 0.2) is 42.5 Å². The quantitative estimate of drug-likeness (QED) is 0.777. The second-order valence-corrected chi connectivity index (χ2v) is 7.14. The maximum absolute atomic E-state index is 5.51. The van der Waals surface area contributed by atoms with Crippen molar-refractivity contribution in [1.82, 2.24) is 4.98 Å². The monoisotopic (exact) mass is 327 g/mol. The average Bonchev–Trinajstić information content (AvgIpc) is 2.98. The summed E-state index contributed by atoms with van der Waals surface area (Å²) in [6, 6.07) is 15.1. The first-order chi connectivity index (χ1) is 11.1. The normalized spacial score (nSPS) is 13.9. The SMILES string of the molecule is COc1ccc(C)cc1C[NH+](C)[C@H](C)c1nc2ccccc2s1. The predicted molar refractivity (Wildman–Crippen MR) is 96.4 cm³/mol. The molecule has 0 aliphatic rings. The lowest BCUT2D eigenvalue weighted by atomic mass is 10.1. The zero-order valence-electron chi connectivity index (χ0n) is 14.1. The van der Waals surface area contributed by atoms with E-state index in [1.807, 2.05) is 6.07 Å². The molecule has 0 saturated carbocycles. The molecule has 0 saturated heterocycles. The number of thiazole rings is 1. The minimum Gasteiger partial charge on any atom is -0.496 e. The van der Waals surface area contributed by atoms with Crippen LogP contribution in [-0.2, 0) is 6.54 Å². The van der Waals surface area contributed by atoms with Crippen LogP contribution in [0.5, 0.6) is 5.75 Å². The van der Waals surface area contributed by atoms with Crippen LogP contribution in [0.25, 0.3) is 10.2 Å². The summed E-state index contributed by atoms with van der Waals surface area (Å²) in [5, 5.41) is 1.19. The Balaban J connectivity index is 1.82.